The standard InChI is InChI=1S/C4H8ClNO.Mg.2H/c5-6-1-3-7-4-2-6;;;/h1-4H2;;;. The molecule has 0 amide bonds. The second-order valence-corrected chi connectivity index (χ2v) is 2.00. The molecule has 0 N–H and O–H groups in total. The van der Waals surface area contributed by atoms with Gasteiger partial charge in [0.15, 0.2) is 0 Å². The van der Waals surface area contributed by atoms with Crippen molar-refractivity contribution >= 4 is 34.8 Å². The lowest BCUT2D eigenvalue weighted by Gasteiger charge is -2.18. The van der Waals surface area contributed by atoms with E-state index < -0.39 is 0 Å². The van der Waals surface area contributed by atoms with Crippen LogP contribution in [-0.2, 0) is 4.74 Å². The maximum absolute atomic E-state index is 5.57. The number of nitrogens with zero attached hydrogens (tertiary/aromatic N) is 1. The first kappa shape index (κ1) is 8.98. The SMILES string of the molecule is ClN1CCOCC1.[MgH2]. The maximum Gasteiger partial charge on any atom is 0.316 e. The third-order valence-corrected chi connectivity index (χ3v) is 1.29. The fraction of sp³-hybridized carbons (Fsp3) is 1.00. The second kappa shape index (κ2) is 4.82. The van der Waals surface area contributed by atoms with E-state index in [4.69, 9.17) is 16.5 Å². The van der Waals surface area contributed by atoms with E-state index in [2.05, 4.69) is 0 Å². The Hall–Kier alpha value is 0.976. The first-order valence-electron chi connectivity index (χ1n) is 2.38. The highest BCUT2D eigenvalue weighted by Gasteiger charge is 2.04. The number of ether oxygens (including phenoxy) is 1. The molecule has 8 heavy (non-hydrogen) atoms. The predicted molar refractivity (Wildman–Crippen MR) is 36.8 cm³/mol. The van der Waals surface area contributed by atoms with Crippen LogP contribution in [-0.4, -0.2) is 53.8 Å². The molecule has 0 aromatic rings. The molecule has 46 valence electrons. The van der Waals surface area contributed by atoms with Crippen molar-refractivity contribution in [2.45, 2.75) is 0 Å². The van der Waals surface area contributed by atoms with Gasteiger partial charge < -0.3 is 4.74 Å². The van der Waals surface area contributed by atoms with Gasteiger partial charge in [0.2, 0.25) is 0 Å². The van der Waals surface area contributed by atoms with Gasteiger partial charge in [0.1, 0.15) is 0 Å². The summed E-state index contributed by atoms with van der Waals surface area (Å²) < 4.78 is 6.75. The lowest BCUT2D eigenvalue weighted by Crippen LogP contribution is -2.28. The Kier molecular flexibility index (Phi) is 5.41. The number of rotatable bonds is 0. The van der Waals surface area contributed by atoms with E-state index in [1.807, 2.05) is 0 Å². The minimum Gasteiger partial charge on any atom is -0.379 e. The second-order valence-electron chi connectivity index (χ2n) is 1.52. The largest absolute Gasteiger partial charge is 0.379 e. The van der Waals surface area contributed by atoms with Crippen LogP contribution >= 0.6 is 11.8 Å². The Morgan fingerprint density at radius 2 is 1.75 bits per heavy atom. The van der Waals surface area contributed by atoms with Crippen LogP contribution in [0.1, 0.15) is 0 Å². The summed E-state index contributed by atoms with van der Waals surface area (Å²) in [4.78, 5) is 0. The average Bonchev–Trinajstić information content (AvgIpc) is 1.69. The summed E-state index contributed by atoms with van der Waals surface area (Å²) in [6.45, 7) is 3.29. The third-order valence-electron chi connectivity index (χ3n) is 0.957. The smallest absolute Gasteiger partial charge is 0.316 e. The van der Waals surface area contributed by atoms with Gasteiger partial charge in [-0.25, -0.2) is 4.42 Å². The van der Waals surface area contributed by atoms with Gasteiger partial charge in [0, 0.05) is 13.1 Å². The number of hydrogen-bond acceptors (Lipinski definition) is 2. The molecule has 2 nitrogen and oxygen atoms in total. The zero-order valence-electron chi connectivity index (χ0n) is 4.06. The summed E-state index contributed by atoms with van der Waals surface area (Å²) in [5.41, 5.74) is 0. The lowest BCUT2D eigenvalue weighted by molar-refractivity contribution is 0.0742. The van der Waals surface area contributed by atoms with E-state index in [1.54, 1.807) is 4.42 Å². The molecule has 0 spiro atoms. The maximum atomic E-state index is 5.57. The molecule has 0 bridgehead atoms. The van der Waals surface area contributed by atoms with E-state index in [9.17, 15) is 0 Å². The lowest BCUT2D eigenvalue weighted by atomic mass is 10.5. The minimum absolute atomic E-state index is 0. The van der Waals surface area contributed by atoms with E-state index in [0.29, 0.717) is 0 Å². The van der Waals surface area contributed by atoms with Crippen molar-refractivity contribution in [3.05, 3.63) is 0 Å². The van der Waals surface area contributed by atoms with Crippen molar-refractivity contribution in [3.63, 3.8) is 0 Å². The van der Waals surface area contributed by atoms with Gasteiger partial charge in [0.25, 0.3) is 0 Å². The molecule has 1 rings (SSSR count). The van der Waals surface area contributed by atoms with Gasteiger partial charge in [-0.05, 0) is 11.8 Å². The molecule has 1 aliphatic heterocycles. The molecular formula is C4H10ClMgNO. The monoisotopic (exact) mass is 147 g/mol. The zero-order valence-corrected chi connectivity index (χ0v) is 4.82. The van der Waals surface area contributed by atoms with Crippen LogP contribution < -0.4 is 0 Å². The molecule has 0 aromatic carbocycles. The van der Waals surface area contributed by atoms with E-state index in [0.717, 1.165) is 26.3 Å². The van der Waals surface area contributed by atoms with Crippen molar-refractivity contribution in [1.29, 1.82) is 0 Å². The number of morpholine rings is 1. The molecule has 0 saturated carbocycles. The van der Waals surface area contributed by atoms with Crippen molar-refractivity contribution in [2.75, 3.05) is 26.3 Å². The van der Waals surface area contributed by atoms with Crippen molar-refractivity contribution in [1.82, 2.24) is 4.42 Å². The van der Waals surface area contributed by atoms with Crippen LogP contribution in [0.4, 0.5) is 0 Å². The van der Waals surface area contributed by atoms with Crippen molar-refractivity contribution in [3.8, 4) is 0 Å². The summed E-state index contributed by atoms with van der Waals surface area (Å²) in [6, 6.07) is 0. The Balaban J connectivity index is 0.000000490. The highest BCUT2D eigenvalue weighted by Crippen LogP contribution is 1.97. The van der Waals surface area contributed by atoms with Gasteiger partial charge in [0.05, 0.1) is 13.2 Å². The molecule has 1 saturated heterocycles. The molecule has 0 aliphatic carbocycles. The van der Waals surface area contributed by atoms with Crippen molar-refractivity contribution < 1.29 is 4.74 Å². The fourth-order valence-corrected chi connectivity index (χ4v) is 0.679. The molecule has 0 radical (unpaired) electrons. The Morgan fingerprint density at radius 3 is 2.00 bits per heavy atom. The van der Waals surface area contributed by atoms with E-state index >= 15 is 0 Å². The zero-order chi connectivity index (χ0) is 5.11. The van der Waals surface area contributed by atoms with Gasteiger partial charge in [-0.2, -0.15) is 0 Å². The summed E-state index contributed by atoms with van der Waals surface area (Å²) >= 11 is 5.57. The van der Waals surface area contributed by atoms with Crippen LogP contribution in [0, 0.1) is 0 Å². The van der Waals surface area contributed by atoms with Gasteiger partial charge in [-0.1, -0.05) is 0 Å². The van der Waals surface area contributed by atoms with Gasteiger partial charge in [-0.3, -0.25) is 0 Å². The van der Waals surface area contributed by atoms with Crippen LogP contribution in [0.15, 0.2) is 0 Å². The molecule has 1 aliphatic rings. The Morgan fingerprint density at radius 1 is 1.25 bits per heavy atom. The van der Waals surface area contributed by atoms with Gasteiger partial charge in [-0.15, -0.1) is 0 Å². The molecule has 0 unspecified atom stereocenters. The first-order valence-corrected chi connectivity index (χ1v) is 2.72. The Labute approximate surface area is 70.4 Å². The predicted octanol–water partition coefficient (Wildman–Crippen LogP) is -0.444. The highest BCUT2D eigenvalue weighted by molar-refractivity contribution is 6.13. The highest BCUT2D eigenvalue weighted by atomic mass is 35.5. The molecule has 0 aromatic heterocycles. The number of hydrogen-bond donors (Lipinski definition) is 0. The molecule has 1 heterocycles. The van der Waals surface area contributed by atoms with E-state index in [-0.39, 0.29) is 23.1 Å². The molecule has 1 fully saturated rings. The van der Waals surface area contributed by atoms with E-state index in [1.165, 1.54) is 0 Å². The Bertz CT molecular complexity index is 58.0. The average molecular weight is 148 g/mol. The minimum atomic E-state index is 0. The summed E-state index contributed by atoms with van der Waals surface area (Å²) in [5.74, 6) is 0. The molecule has 4 heteroatoms. The quantitative estimate of drug-likeness (QED) is 0.341. The molecule has 0 atom stereocenters. The van der Waals surface area contributed by atoms with Crippen molar-refractivity contribution in [2.24, 2.45) is 0 Å². The normalized spacial score (nSPS) is 22.1. The topological polar surface area (TPSA) is 12.5 Å². The summed E-state index contributed by atoms with van der Waals surface area (Å²) in [6.07, 6.45) is 0. The number of halogens is 1. The first-order chi connectivity index (χ1) is 3.39. The van der Waals surface area contributed by atoms with Crippen LogP contribution in [0.5, 0.6) is 0 Å². The summed E-state index contributed by atoms with van der Waals surface area (Å²) in [7, 11) is 0. The molecular weight excluding hydrogens is 138 g/mol. The van der Waals surface area contributed by atoms with Gasteiger partial charge >= 0.3 is 23.1 Å². The fourth-order valence-electron chi connectivity index (χ4n) is 0.541. The summed E-state index contributed by atoms with van der Waals surface area (Å²) in [5, 5.41) is 0. The van der Waals surface area contributed by atoms with Crippen LogP contribution in [0.3, 0.4) is 0 Å². The van der Waals surface area contributed by atoms with Crippen LogP contribution in [0.2, 0.25) is 0 Å². The third kappa shape index (κ3) is 3.09. The van der Waals surface area contributed by atoms with Crippen LogP contribution in [0.25, 0.3) is 0 Å².